The summed E-state index contributed by atoms with van der Waals surface area (Å²) in [5, 5.41) is 0. The van der Waals surface area contributed by atoms with Crippen molar-refractivity contribution >= 4 is 18.3 Å². The first-order chi connectivity index (χ1) is 13.2. The number of aldehydes is 1. The lowest BCUT2D eigenvalue weighted by atomic mass is 9.98. The normalized spacial score (nSPS) is 18.0. The molecule has 0 bridgehead atoms. The molecule has 1 amide bonds. The van der Waals surface area contributed by atoms with Crippen LogP contribution >= 0.6 is 0 Å². The maximum atomic E-state index is 12.5. The van der Waals surface area contributed by atoms with Gasteiger partial charge in [-0.2, -0.15) is 0 Å². The van der Waals surface area contributed by atoms with Crippen molar-refractivity contribution in [3.8, 4) is 11.1 Å². The second-order valence-corrected chi connectivity index (χ2v) is 6.63. The second kappa shape index (κ2) is 7.23. The minimum absolute atomic E-state index is 0.0472. The summed E-state index contributed by atoms with van der Waals surface area (Å²) in [6, 6.07) is 15.4. The maximum Gasteiger partial charge on any atom is 0.413 e. The van der Waals surface area contributed by atoms with Crippen LogP contribution in [0.3, 0.4) is 0 Å². The van der Waals surface area contributed by atoms with Gasteiger partial charge in [-0.05, 0) is 28.7 Å². The number of nitrogens with zero attached hydrogens (tertiary/aromatic N) is 1. The highest BCUT2D eigenvalue weighted by atomic mass is 16.6. The van der Waals surface area contributed by atoms with Crippen molar-refractivity contribution in [1.82, 2.24) is 4.90 Å². The van der Waals surface area contributed by atoms with Gasteiger partial charge in [-0.3, -0.25) is 4.90 Å². The van der Waals surface area contributed by atoms with Crippen LogP contribution in [0.25, 0.3) is 11.1 Å². The van der Waals surface area contributed by atoms with E-state index in [0.29, 0.717) is 0 Å². The Kier molecular flexibility index (Phi) is 4.62. The average molecular weight is 365 g/mol. The smallest absolute Gasteiger partial charge is 0.413 e. The number of hydrogen-bond donors (Lipinski definition) is 0. The second-order valence-electron chi connectivity index (χ2n) is 6.63. The van der Waals surface area contributed by atoms with Crippen LogP contribution in [0, 0.1) is 0 Å². The van der Waals surface area contributed by atoms with Gasteiger partial charge in [0, 0.05) is 12.3 Å². The summed E-state index contributed by atoms with van der Waals surface area (Å²) in [7, 11) is 0. The lowest BCUT2D eigenvalue weighted by Crippen LogP contribution is -2.39. The Morgan fingerprint density at radius 2 is 1.74 bits per heavy atom. The summed E-state index contributed by atoms with van der Waals surface area (Å²) in [5.74, 6) is -0.542. The fourth-order valence-corrected chi connectivity index (χ4v) is 3.80. The number of ether oxygens (including phenoxy) is 2. The average Bonchev–Trinajstić information content (AvgIpc) is 3.22. The van der Waals surface area contributed by atoms with Crippen molar-refractivity contribution in [2.75, 3.05) is 13.3 Å². The van der Waals surface area contributed by atoms with Gasteiger partial charge < -0.3 is 14.3 Å². The van der Waals surface area contributed by atoms with E-state index in [1.165, 1.54) is 4.90 Å². The molecule has 4 rings (SSSR count). The third-order valence-corrected chi connectivity index (χ3v) is 5.12. The van der Waals surface area contributed by atoms with E-state index >= 15 is 0 Å². The van der Waals surface area contributed by atoms with Gasteiger partial charge in [-0.15, -0.1) is 0 Å². The van der Waals surface area contributed by atoms with Gasteiger partial charge in [-0.25, -0.2) is 9.59 Å². The molecule has 0 N–H and O–H groups in total. The van der Waals surface area contributed by atoms with Gasteiger partial charge in [0.05, 0.1) is 0 Å². The Morgan fingerprint density at radius 1 is 1.11 bits per heavy atom. The highest BCUT2D eigenvalue weighted by molar-refractivity contribution is 5.84. The van der Waals surface area contributed by atoms with Gasteiger partial charge in [0.1, 0.15) is 18.9 Å². The predicted molar refractivity (Wildman–Crippen MR) is 97.0 cm³/mol. The lowest BCUT2D eigenvalue weighted by Gasteiger charge is -2.21. The summed E-state index contributed by atoms with van der Waals surface area (Å²) >= 11 is 0. The van der Waals surface area contributed by atoms with Crippen molar-refractivity contribution in [3.63, 3.8) is 0 Å². The highest BCUT2D eigenvalue weighted by Gasteiger charge is 2.39. The third kappa shape index (κ3) is 3.07. The van der Waals surface area contributed by atoms with Crippen LogP contribution in [0.15, 0.2) is 48.5 Å². The zero-order chi connectivity index (χ0) is 18.8. The lowest BCUT2D eigenvalue weighted by molar-refractivity contribution is -0.139. The van der Waals surface area contributed by atoms with Crippen molar-refractivity contribution in [2.45, 2.75) is 24.8 Å². The number of benzene rings is 2. The van der Waals surface area contributed by atoms with Gasteiger partial charge >= 0.3 is 12.1 Å². The van der Waals surface area contributed by atoms with E-state index in [1.807, 2.05) is 36.4 Å². The Bertz CT molecular complexity index is 848. The van der Waals surface area contributed by atoms with Crippen molar-refractivity contribution in [2.24, 2.45) is 0 Å². The van der Waals surface area contributed by atoms with Crippen LogP contribution in [0.1, 0.15) is 29.9 Å². The van der Waals surface area contributed by atoms with Crippen molar-refractivity contribution in [3.05, 3.63) is 59.7 Å². The Labute approximate surface area is 156 Å². The number of amides is 1. The molecule has 27 heavy (non-hydrogen) atoms. The molecule has 1 atom stereocenters. The summed E-state index contributed by atoms with van der Waals surface area (Å²) in [6.45, 7) is 0.0387. The Hall–Kier alpha value is -3.15. The molecule has 0 saturated carbocycles. The zero-order valence-corrected chi connectivity index (χ0v) is 14.7. The molecule has 0 spiro atoms. The summed E-state index contributed by atoms with van der Waals surface area (Å²) in [5.41, 5.74) is 4.55. The fourth-order valence-electron chi connectivity index (χ4n) is 3.80. The van der Waals surface area contributed by atoms with E-state index in [1.54, 1.807) is 0 Å². The predicted octanol–water partition coefficient (Wildman–Crippen LogP) is 3.10. The molecule has 6 nitrogen and oxygen atoms in total. The molecule has 0 unspecified atom stereocenters. The van der Waals surface area contributed by atoms with E-state index < -0.39 is 18.1 Å². The number of esters is 1. The number of cyclic esters (lactones) is 1. The summed E-state index contributed by atoms with van der Waals surface area (Å²) < 4.78 is 10.5. The van der Waals surface area contributed by atoms with Crippen molar-refractivity contribution in [1.29, 1.82) is 0 Å². The standard InChI is InChI=1S/C21H19NO5/c23-11-5-10-19-20(24)27-13-22(19)21(25)26-12-18-16-8-3-1-6-14(16)15-7-2-4-9-17(15)18/h1-4,6-9,11,18-19H,5,10,12-13H2/t19-/m0/s1. The quantitative estimate of drug-likeness (QED) is 0.601. The first-order valence-corrected chi connectivity index (χ1v) is 8.92. The van der Waals surface area contributed by atoms with Gasteiger partial charge in [0.25, 0.3) is 0 Å². The van der Waals surface area contributed by atoms with Crippen LogP contribution in [0.4, 0.5) is 4.79 Å². The molecule has 1 saturated heterocycles. The SMILES string of the molecule is O=CCC[C@H]1C(=O)OCN1C(=O)OCC1c2ccccc2-c2ccccc21. The molecule has 138 valence electrons. The van der Waals surface area contributed by atoms with Crippen LogP contribution < -0.4 is 0 Å². The largest absolute Gasteiger partial charge is 0.448 e. The minimum Gasteiger partial charge on any atom is -0.448 e. The van der Waals surface area contributed by atoms with Crippen LogP contribution in [-0.4, -0.2) is 42.6 Å². The molecule has 0 aromatic heterocycles. The molecule has 1 fully saturated rings. The molecule has 1 aliphatic carbocycles. The van der Waals surface area contributed by atoms with E-state index in [4.69, 9.17) is 9.47 Å². The highest BCUT2D eigenvalue weighted by Crippen LogP contribution is 2.44. The molecular weight excluding hydrogens is 346 g/mol. The molecule has 6 heteroatoms. The van der Waals surface area contributed by atoms with Crippen LogP contribution in [0.2, 0.25) is 0 Å². The van der Waals surface area contributed by atoms with E-state index in [2.05, 4.69) is 12.1 Å². The monoisotopic (exact) mass is 365 g/mol. The molecule has 1 heterocycles. The molecule has 2 aromatic rings. The maximum absolute atomic E-state index is 12.5. The van der Waals surface area contributed by atoms with Gasteiger partial charge in [0.2, 0.25) is 0 Å². The Balaban J connectivity index is 1.49. The van der Waals surface area contributed by atoms with Crippen molar-refractivity contribution < 1.29 is 23.9 Å². The zero-order valence-electron chi connectivity index (χ0n) is 14.7. The van der Waals surface area contributed by atoms with E-state index in [-0.39, 0.29) is 32.1 Å². The first-order valence-electron chi connectivity index (χ1n) is 8.92. The van der Waals surface area contributed by atoms with Gasteiger partial charge in [-0.1, -0.05) is 48.5 Å². The number of hydrogen-bond acceptors (Lipinski definition) is 5. The first kappa shape index (κ1) is 17.3. The van der Waals surface area contributed by atoms with Crippen LogP contribution in [-0.2, 0) is 19.1 Å². The Morgan fingerprint density at radius 3 is 2.37 bits per heavy atom. The number of rotatable bonds is 5. The van der Waals surface area contributed by atoms with E-state index in [0.717, 1.165) is 28.5 Å². The third-order valence-electron chi connectivity index (χ3n) is 5.12. The molecular formula is C21H19NO5. The number of fused-ring (bicyclic) bond motifs is 3. The van der Waals surface area contributed by atoms with E-state index in [9.17, 15) is 14.4 Å². The molecule has 1 aliphatic heterocycles. The fraction of sp³-hybridized carbons (Fsp3) is 0.286. The summed E-state index contributed by atoms with van der Waals surface area (Å²) in [6.07, 6.45) is 0.555. The number of carbonyl (C=O) groups is 3. The van der Waals surface area contributed by atoms with Crippen LogP contribution in [0.5, 0.6) is 0 Å². The topological polar surface area (TPSA) is 72.9 Å². The minimum atomic E-state index is -0.758. The summed E-state index contributed by atoms with van der Waals surface area (Å²) in [4.78, 5) is 36.2. The molecule has 0 radical (unpaired) electrons. The van der Waals surface area contributed by atoms with Gasteiger partial charge in [0.15, 0.2) is 6.73 Å². The molecule has 2 aromatic carbocycles. The number of carbonyl (C=O) groups excluding carboxylic acids is 3. The molecule has 2 aliphatic rings.